The van der Waals surface area contributed by atoms with Crippen LogP contribution in [0.25, 0.3) is 0 Å². The largest absolute Gasteiger partial charge is 0.481 e. The van der Waals surface area contributed by atoms with Crippen LogP contribution in [0.4, 0.5) is 4.79 Å². The number of methoxy groups -OCH3 is 1. The fraction of sp³-hybridized carbons (Fsp3) is 0.409. The number of carbonyl (C=O) groups is 2. The third-order valence-corrected chi connectivity index (χ3v) is 4.82. The molecule has 3 amide bonds. The lowest BCUT2D eigenvalue weighted by Crippen LogP contribution is -2.48. The summed E-state index contributed by atoms with van der Waals surface area (Å²) in [5, 5.41) is 5.61. The van der Waals surface area contributed by atoms with Gasteiger partial charge in [-0.25, -0.2) is 9.78 Å². The molecule has 0 spiro atoms. The molecule has 2 N–H and O–H groups in total. The van der Waals surface area contributed by atoms with Crippen molar-refractivity contribution in [3.63, 3.8) is 0 Å². The highest BCUT2D eigenvalue weighted by Crippen LogP contribution is 2.15. The van der Waals surface area contributed by atoms with E-state index in [9.17, 15) is 9.59 Å². The number of hydrogen-bond acceptors (Lipinski definition) is 5. The van der Waals surface area contributed by atoms with E-state index in [4.69, 9.17) is 9.47 Å². The molecule has 1 aromatic carbocycles. The van der Waals surface area contributed by atoms with Crippen LogP contribution in [0.15, 0.2) is 42.6 Å². The quantitative estimate of drug-likeness (QED) is 0.760. The first-order valence-corrected chi connectivity index (χ1v) is 9.99. The number of rotatable bonds is 6. The number of aromatic nitrogens is 1. The third-order valence-electron chi connectivity index (χ3n) is 4.82. The standard InChI is InChI=1S/C22H28N4O4/c1-15-13-26(14-16(2)30-15)21(27)19-6-4-17(5-7-19)11-24-22(28)25-12-18-8-9-23-20(10-18)29-3/h4-10,15-16H,11-14H2,1-3H3,(H2,24,25,28). The number of ether oxygens (including phenoxy) is 2. The zero-order chi connectivity index (χ0) is 21.5. The van der Waals surface area contributed by atoms with Gasteiger partial charge in [-0.2, -0.15) is 0 Å². The van der Waals surface area contributed by atoms with Crippen molar-refractivity contribution < 1.29 is 19.1 Å². The van der Waals surface area contributed by atoms with Gasteiger partial charge >= 0.3 is 6.03 Å². The Bertz CT molecular complexity index is 862. The van der Waals surface area contributed by atoms with E-state index in [2.05, 4.69) is 15.6 Å². The fourth-order valence-electron chi connectivity index (χ4n) is 3.39. The number of pyridine rings is 1. The maximum absolute atomic E-state index is 12.7. The molecule has 1 aliphatic rings. The molecule has 30 heavy (non-hydrogen) atoms. The molecule has 2 aromatic rings. The predicted molar refractivity (Wildman–Crippen MR) is 112 cm³/mol. The predicted octanol–water partition coefficient (Wildman–Crippen LogP) is 2.34. The van der Waals surface area contributed by atoms with Crippen LogP contribution in [0.1, 0.15) is 35.3 Å². The topological polar surface area (TPSA) is 92.8 Å². The summed E-state index contributed by atoms with van der Waals surface area (Å²) < 4.78 is 10.8. The average molecular weight is 412 g/mol. The number of nitrogens with one attached hydrogen (secondary N) is 2. The lowest BCUT2D eigenvalue weighted by Gasteiger charge is -2.35. The van der Waals surface area contributed by atoms with E-state index >= 15 is 0 Å². The van der Waals surface area contributed by atoms with Crippen molar-refractivity contribution in [3.8, 4) is 5.88 Å². The monoisotopic (exact) mass is 412 g/mol. The van der Waals surface area contributed by atoms with E-state index in [0.29, 0.717) is 37.6 Å². The van der Waals surface area contributed by atoms with E-state index in [-0.39, 0.29) is 24.1 Å². The van der Waals surface area contributed by atoms with E-state index in [0.717, 1.165) is 11.1 Å². The Labute approximate surface area is 176 Å². The Morgan fingerprint density at radius 1 is 1.07 bits per heavy atom. The van der Waals surface area contributed by atoms with E-state index < -0.39 is 0 Å². The van der Waals surface area contributed by atoms with Crippen molar-refractivity contribution in [3.05, 3.63) is 59.3 Å². The lowest BCUT2D eigenvalue weighted by molar-refractivity contribution is -0.0586. The maximum Gasteiger partial charge on any atom is 0.315 e. The van der Waals surface area contributed by atoms with Crippen molar-refractivity contribution in [1.29, 1.82) is 0 Å². The molecule has 1 aromatic heterocycles. The van der Waals surface area contributed by atoms with Gasteiger partial charge in [-0.15, -0.1) is 0 Å². The average Bonchev–Trinajstić information content (AvgIpc) is 2.75. The van der Waals surface area contributed by atoms with Crippen molar-refractivity contribution in [2.24, 2.45) is 0 Å². The second-order valence-electron chi connectivity index (χ2n) is 7.41. The Kier molecular flexibility index (Phi) is 7.24. The van der Waals surface area contributed by atoms with Crippen LogP contribution in [0.2, 0.25) is 0 Å². The molecular formula is C22H28N4O4. The van der Waals surface area contributed by atoms with Gasteiger partial charge in [-0.05, 0) is 43.2 Å². The molecule has 1 fully saturated rings. The second kappa shape index (κ2) is 10.1. The van der Waals surface area contributed by atoms with E-state index in [1.165, 1.54) is 0 Å². The molecule has 8 nitrogen and oxygen atoms in total. The van der Waals surface area contributed by atoms with Gasteiger partial charge in [0.1, 0.15) is 0 Å². The molecular weight excluding hydrogens is 384 g/mol. The first-order chi connectivity index (χ1) is 14.4. The van der Waals surface area contributed by atoms with Crippen LogP contribution < -0.4 is 15.4 Å². The van der Waals surface area contributed by atoms with Gasteiger partial charge in [0, 0.05) is 44.0 Å². The van der Waals surface area contributed by atoms with Crippen LogP contribution in [0.3, 0.4) is 0 Å². The molecule has 2 atom stereocenters. The van der Waals surface area contributed by atoms with Crippen LogP contribution in [-0.4, -0.2) is 54.2 Å². The van der Waals surface area contributed by atoms with Crippen molar-refractivity contribution in [1.82, 2.24) is 20.5 Å². The van der Waals surface area contributed by atoms with Crippen LogP contribution in [0, 0.1) is 0 Å². The van der Waals surface area contributed by atoms with Gasteiger partial charge in [0.15, 0.2) is 0 Å². The lowest BCUT2D eigenvalue weighted by atomic mass is 10.1. The highest BCUT2D eigenvalue weighted by Gasteiger charge is 2.26. The number of amides is 3. The molecule has 1 saturated heterocycles. The number of carbonyl (C=O) groups excluding carboxylic acids is 2. The second-order valence-corrected chi connectivity index (χ2v) is 7.41. The van der Waals surface area contributed by atoms with Crippen LogP contribution in [-0.2, 0) is 17.8 Å². The van der Waals surface area contributed by atoms with Crippen molar-refractivity contribution >= 4 is 11.9 Å². The summed E-state index contributed by atoms with van der Waals surface area (Å²) in [4.78, 5) is 30.6. The highest BCUT2D eigenvalue weighted by atomic mass is 16.5. The molecule has 8 heteroatoms. The first kappa shape index (κ1) is 21.6. The number of urea groups is 1. The molecule has 2 heterocycles. The summed E-state index contributed by atoms with van der Waals surface area (Å²) in [6.45, 7) is 5.87. The number of morpholine rings is 1. The van der Waals surface area contributed by atoms with Gasteiger partial charge in [0.2, 0.25) is 5.88 Å². The Morgan fingerprint density at radius 3 is 2.33 bits per heavy atom. The minimum absolute atomic E-state index is 0.00188. The van der Waals surface area contributed by atoms with Crippen LogP contribution >= 0.6 is 0 Å². The molecule has 1 aliphatic heterocycles. The van der Waals surface area contributed by atoms with E-state index in [1.807, 2.05) is 36.9 Å². The zero-order valence-corrected chi connectivity index (χ0v) is 17.6. The number of nitrogens with zero attached hydrogens (tertiary/aromatic N) is 2. The fourth-order valence-corrected chi connectivity index (χ4v) is 3.39. The summed E-state index contributed by atoms with van der Waals surface area (Å²) in [5.74, 6) is 0.507. The molecule has 0 saturated carbocycles. The van der Waals surface area contributed by atoms with Gasteiger partial charge in [0.05, 0.1) is 19.3 Å². The third kappa shape index (κ3) is 5.93. The summed E-state index contributed by atoms with van der Waals surface area (Å²) in [7, 11) is 1.55. The minimum atomic E-state index is -0.276. The summed E-state index contributed by atoms with van der Waals surface area (Å²) in [5.41, 5.74) is 2.44. The van der Waals surface area contributed by atoms with Gasteiger partial charge in [-0.1, -0.05) is 12.1 Å². The van der Waals surface area contributed by atoms with Crippen molar-refractivity contribution in [2.75, 3.05) is 20.2 Å². The number of hydrogen-bond donors (Lipinski definition) is 2. The van der Waals surface area contributed by atoms with E-state index in [1.54, 1.807) is 31.5 Å². The summed E-state index contributed by atoms with van der Waals surface area (Å²) in [6, 6.07) is 10.6. The molecule has 2 unspecified atom stereocenters. The Morgan fingerprint density at radius 2 is 1.70 bits per heavy atom. The van der Waals surface area contributed by atoms with Gasteiger partial charge in [-0.3, -0.25) is 4.79 Å². The number of benzene rings is 1. The van der Waals surface area contributed by atoms with Gasteiger partial charge < -0.3 is 25.0 Å². The van der Waals surface area contributed by atoms with Gasteiger partial charge in [0.25, 0.3) is 5.91 Å². The Hall–Kier alpha value is -3.13. The maximum atomic E-state index is 12.7. The smallest absolute Gasteiger partial charge is 0.315 e. The summed E-state index contributed by atoms with van der Waals surface area (Å²) >= 11 is 0. The Balaban J connectivity index is 1.47. The normalized spacial score (nSPS) is 18.6. The molecule has 3 rings (SSSR count). The minimum Gasteiger partial charge on any atom is -0.481 e. The summed E-state index contributed by atoms with van der Waals surface area (Å²) in [6.07, 6.45) is 1.70. The first-order valence-electron chi connectivity index (χ1n) is 9.99. The molecule has 160 valence electrons. The SMILES string of the molecule is COc1cc(CNC(=O)NCc2ccc(C(=O)N3CC(C)OC(C)C3)cc2)ccn1. The zero-order valence-electron chi connectivity index (χ0n) is 17.6. The van der Waals surface area contributed by atoms with Crippen LogP contribution in [0.5, 0.6) is 5.88 Å². The van der Waals surface area contributed by atoms with Crippen molar-refractivity contribution in [2.45, 2.75) is 39.1 Å². The molecule has 0 aliphatic carbocycles. The molecule has 0 bridgehead atoms. The molecule has 0 radical (unpaired) electrons. The highest BCUT2D eigenvalue weighted by molar-refractivity contribution is 5.94.